The molecule has 0 aromatic carbocycles. The number of hydrogen-bond donors (Lipinski definition) is 1. The Morgan fingerprint density at radius 1 is 1.47 bits per heavy atom. The summed E-state index contributed by atoms with van der Waals surface area (Å²) in [7, 11) is 0. The Bertz CT molecular complexity index is 358. The first-order chi connectivity index (χ1) is 6.89. The average Bonchev–Trinajstić information content (AvgIpc) is 2.57. The van der Waals surface area contributed by atoms with Gasteiger partial charge in [0, 0.05) is 17.5 Å². The van der Waals surface area contributed by atoms with E-state index < -0.39 is 5.60 Å². The molecule has 0 spiro atoms. The van der Waals surface area contributed by atoms with Gasteiger partial charge in [-0.2, -0.15) is 0 Å². The van der Waals surface area contributed by atoms with Crippen molar-refractivity contribution in [2.45, 2.75) is 52.1 Å². The van der Waals surface area contributed by atoms with Crippen molar-refractivity contribution in [3.63, 3.8) is 0 Å². The van der Waals surface area contributed by atoms with Gasteiger partial charge >= 0.3 is 0 Å². The van der Waals surface area contributed by atoms with Crippen LogP contribution in [-0.2, 0) is 6.42 Å². The second-order valence-electron chi connectivity index (χ2n) is 5.62. The summed E-state index contributed by atoms with van der Waals surface area (Å²) in [6.45, 7) is 6.47. The van der Waals surface area contributed by atoms with Gasteiger partial charge < -0.3 is 5.11 Å². The Kier molecular flexibility index (Phi) is 2.63. The van der Waals surface area contributed by atoms with Crippen LogP contribution in [0.5, 0.6) is 0 Å². The van der Waals surface area contributed by atoms with Crippen LogP contribution in [0, 0.1) is 12.3 Å². The maximum absolute atomic E-state index is 10.5. The molecule has 1 aromatic rings. The van der Waals surface area contributed by atoms with Gasteiger partial charge in [-0.05, 0) is 31.6 Å². The first-order valence-corrected chi connectivity index (χ1v) is 6.40. The van der Waals surface area contributed by atoms with Gasteiger partial charge in [0.2, 0.25) is 0 Å². The van der Waals surface area contributed by atoms with Gasteiger partial charge in [-0.3, -0.25) is 0 Å². The third kappa shape index (κ3) is 2.58. The maximum atomic E-state index is 10.5. The molecule has 84 valence electrons. The van der Waals surface area contributed by atoms with Crippen molar-refractivity contribution in [1.29, 1.82) is 0 Å². The summed E-state index contributed by atoms with van der Waals surface area (Å²) in [5, 5.41) is 13.6. The molecule has 0 bridgehead atoms. The van der Waals surface area contributed by atoms with E-state index >= 15 is 0 Å². The predicted molar refractivity (Wildman–Crippen MR) is 63.1 cm³/mol. The number of aryl methyl sites for hydroxylation is 1. The molecule has 1 fully saturated rings. The highest BCUT2D eigenvalue weighted by Crippen LogP contribution is 2.45. The molecule has 1 heterocycles. The summed E-state index contributed by atoms with van der Waals surface area (Å²) >= 11 is 1.66. The van der Waals surface area contributed by atoms with E-state index in [9.17, 15) is 5.11 Å². The number of aromatic nitrogens is 1. The number of aliphatic hydroxyl groups is 1. The van der Waals surface area contributed by atoms with E-state index in [2.05, 4.69) is 24.2 Å². The summed E-state index contributed by atoms with van der Waals surface area (Å²) in [6, 6.07) is 0. The molecule has 1 aliphatic carbocycles. The van der Waals surface area contributed by atoms with Crippen molar-refractivity contribution in [3.05, 3.63) is 16.1 Å². The van der Waals surface area contributed by atoms with Crippen molar-refractivity contribution in [3.8, 4) is 0 Å². The monoisotopic (exact) mass is 225 g/mol. The van der Waals surface area contributed by atoms with Crippen molar-refractivity contribution in [2.75, 3.05) is 0 Å². The van der Waals surface area contributed by atoms with Crippen molar-refractivity contribution >= 4 is 11.3 Å². The van der Waals surface area contributed by atoms with Crippen LogP contribution in [0.15, 0.2) is 5.38 Å². The molecule has 2 rings (SSSR count). The van der Waals surface area contributed by atoms with Gasteiger partial charge in [0.25, 0.3) is 0 Å². The summed E-state index contributed by atoms with van der Waals surface area (Å²) in [6.07, 6.45) is 3.67. The summed E-state index contributed by atoms with van der Waals surface area (Å²) in [5.74, 6) is 0. The highest BCUT2D eigenvalue weighted by atomic mass is 32.1. The first-order valence-electron chi connectivity index (χ1n) is 5.52. The smallest absolute Gasteiger partial charge is 0.0956 e. The number of nitrogens with zero attached hydrogens (tertiary/aromatic N) is 1. The molecular weight excluding hydrogens is 206 g/mol. The topological polar surface area (TPSA) is 33.1 Å². The molecule has 1 N–H and O–H groups in total. The molecule has 15 heavy (non-hydrogen) atoms. The van der Waals surface area contributed by atoms with E-state index in [1.54, 1.807) is 11.3 Å². The average molecular weight is 225 g/mol. The molecule has 0 amide bonds. The van der Waals surface area contributed by atoms with E-state index in [-0.39, 0.29) is 0 Å². The lowest BCUT2D eigenvalue weighted by atomic mass is 9.88. The Labute approximate surface area is 95.4 Å². The largest absolute Gasteiger partial charge is 0.389 e. The van der Waals surface area contributed by atoms with E-state index in [0.717, 1.165) is 36.4 Å². The van der Waals surface area contributed by atoms with E-state index in [1.807, 2.05) is 6.92 Å². The lowest BCUT2D eigenvalue weighted by Gasteiger charge is -2.24. The standard InChI is InChI=1S/C12H19NOS/c1-9-7-15-10(13-9)6-12(14)5-4-11(2,3)8-12/h7,14H,4-6,8H2,1-3H3. The number of rotatable bonds is 2. The Morgan fingerprint density at radius 2 is 2.20 bits per heavy atom. The first kappa shape index (κ1) is 11.1. The highest BCUT2D eigenvalue weighted by molar-refractivity contribution is 7.09. The quantitative estimate of drug-likeness (QED) is 0.839. The molecule has 0 aliphatic heterocycles. The molecule has 1 atom stereocenters. The molecule has 2 nitrogen and oxygen atoms in total. The van der Waals surface area contributed by atoms with Crippen LogP contribution >= 0.6 is 11.3 Å². The zero-order valence-corrected chi connectivity index (χ0v) is 10.5. The molecule has 0 radical (unpaired) electrons. The van der Waals surface area contributed by atoms with Crippen molar-refractivity contribution in [2.24, 2.45) is 5.41 Å². The van der Waals surface area contributed by atoms with Crippen LogP contribution in [-0.4, -0.2) is 15.7 Å². The highest BCUT2D eigenvalue weighted by Gasteiger charge is 2.42. The molecule has 0 saturated heterocycles. The third-order valence-electron chi connectivity index (χ3n) is 3.22. The zero-order valence-electron chi connectivity index (χ0n) is 9.71. The molecule has 1 aromatic heterocycles. The second-order valence-corrected chi connectivity index (χ2v) is 6.57. The van der Waals surface area contributed by atoms with Crippen molar-refractivity contribution < 1.29 is 5.11 Å². The molecule has 1 saturated carbocycles. The minimum Gasteiger partial charge on any atom is -0.389 e. The van der Waals surface area contributed by atoms with Crippen LogP contribution in [0.4, 0.5) is 0 Å². The fourth-order valence-corrected chi connectivity index (χ4v) is 3.46. The normalized spacial score (nSPS) is 29.6. The minimum atomic E-state index is -0.506. The SMILES string of the molecule is Cc1csc(CC2(O)CCC(C)(C)C2)n1. The summed E-state index contributed by atoms with van der Waals surface area (Å²) in [5.41, 5.74) is 0.852. The Morgan fingerprint density at radius 3 is 2.67 bits per heavy atom. The fourth-order valence-electron chi connectivity index (χ4n) is 2.55. The zero-order chi connectivity index (χ0) is 11.1. The Hall–Kier alpha value is -0.410. The molecule has 3 heteroatoms. The van der Waals surface area contributed by atoms with Crippen LogP contribution in [0.2, 0.25) is 0 Å². The number of hydrogen-bond acceptors (Lipinski definition) is 3. The van der Waals surface area contributed by atoms with Crippen LogP contribution < -0.4 is 0 Å². The van der Waals surface area contributed by atoms with Crippen LogP contribution in [0.3, 0.4) is 0 Å². The molecular formula is C12H19NOS. The fraction of sp³-hybridized carbons (Fsp3) is 0.750. The van der Waals surface area contributed by atoms with Gasteiger partial charge in [0.15, 0.2) is 0 Å². The third-order valence-corrected chi connectivity index (χ3v) is 4.19. The minimum absolute atomic E-state index is 0.293. The Balaban J connectivity index is 2.06. The summed E-state index contributed by atoms with van der Waals surface area (Å²) < 4.78 is 0. The van der Waals surface area contributed by atoms with Crippen LogP contribution in [0.25, 0.3) is 0 Å². The predicted octanol–water partition coefficient (Wildman–Crippen LogP) is 2.94. The lowest BCUT2D eigenvalue weighted by molar-refractivity contribution is 0.0378. The molecule has 1 aliphatic rings. The van der Waals surface area contributed by atoms with Crippen molar-refractivity contribution in [1.82, 2.24) is 4.98 Å². The van der Waals surface area contributed by atoms with Gasteiger partial charge in [-0.1, -0.05) is 13.8 Å². The van der Waals surface area contributed by atoms with E-state index in [1.165, 1.54) is 0 Å². The molecule has 1 unspecified atom stereocenters. The van der Waals surface area contributed by atoms with Crippen LogP contribution in [0.1, 0.15) is 43.8 Å². The summed E-state index contributed by atoms with van der Waals surface area (Å²) in [4.78, 5) is 4.43. The van der Waals surface area contributed by atoms with E-state index in [4.69, 9.17) is 0 Å². The van der Waals surface area contributed by atoms with E-state index in [0.29, 0.717) is 5.41 Å². The van der Waals surface area contributed by atoms with Gasteiger partial charge in [-0.25, -0.2) is 4.98 Å². The lowest BCUT2D eigenvalue weighted by Crippen LogP contribution is -2.29. The van der Waals surface area contributed by atoms with Gasteiger partial charge in [0.1, 0.15) is 0 Å². The van der Waals surface area contributed by atoms with Gasteiger partial charge in [-0.15, -0.1) is 11.3 Å². The number of thiazole rings is 1. The maximum Gasteiger partial charge on any atom is 0.0956 e. The van der Waals surface area contributed by atoms with Gasteiger partial charge in [0.05, 0.1) is 10.6 Å². The second kappa shape index (κ2) is 3.56.